The third-order valence-corrected chi connectivity index (χ3v) is 8.58. The molecule has 15 nitrogen and oxygen atoms in total. The van der Waals surface area contributed by atoms with Crippen LogP contribution in [0.25, 0.3) is 21.9 Å². The largest absolute Gasteiger partial charge is 0.459 e. The van der Waals surface area contributed by atoms with Crippen molar-refractivity contribution in [1.29, 1.82) is 0 Å². The van der Waals surface area contributed by atoms with Crippen LogP contribution in [0.2, 0.25) is 0 Å². The maximum atomic E-state index is 14.3. The van der Waals surface area contributed by atoms with Crippen LogP contribution in [0.4, 0.5) is 5.95 Å². The van der Waals surface area contributed by atoms with Crippen LogP contribution in [0, 0.1) is 0 Å². The number of hydrogen-bond donors (Lipinski definition) is 5. The molecular weight excluding hydrogens is 595 g/mol. The van der Waals surface area contributed by atoms with E-state index in [4.69, 9.17) is 24.3 Å². The molecule has 3 heterocycles. The Kier molecular flexibility index (Phi) is 8.31. The number of nitrogen functional groups attached to an aromatic ring is 1. The standard InChI is InChI=1S/C28H35N6O9P/c1-15(24(37)42-27(2,3)4)33-44(39,43-18-12-8-10-16-9-6-7-11-17(16)18)40-13-19-21(35)28(5,38)25(41-19)34-14-30-20-22(34)31-26(29)32-23(20)36/h6-12,14-15,19,21,25,35,38H,13H2,1-5H3,(H,33,39)(H3,29,31,32,36)/t15-,19+,21-,25+,28?,44?/m0/s1. The normalized spacial score (nSPS) is 24.3. The highest BCUT2D eigenvalue weighted by Gasteiger charge is 2.54. The first-order chi connectivity index (χ1) is 20.6. The first-order valence-electron chi connectivity index (χ1n) is 13.8. The van der Waals surface area contributed by atoms with Gasteiger partial charge in [0.2, 0.25) is 5.95 Å². The number of H-pyrrole nitrogens is 1. The van der Waals surface area contributed by atoms with E-state index in [0.29, 0.717) is 5.39 Å². The average Bonchev–Trinajstić information content (AvgIpc) is 3.44. The molecule has 0 spiro atoms. The Morgan fingerprint density at radius 2 is 1.98 bits per heavy atom. The molecule has 0 aliphatic carbocycles. The van der Waals surface area contributed by atoms with Crippen LogP contribution < -0.4 is 20.9 Å². The van der Waals surface area contributed by atoms with Gasteiger partial charge in [-0.2, -0.15) is 10.1 Å². The number of aliphatic hydroxyl groups is 2. The number of benzene rings is 2. The van der Waals surface area contributed by atoms with Gasteiger partial charge in [-0.15, -0.1) is 0 Å². The highest BCUT2D eigenvalue weighted by Crippen LogP contribution is 2.48. The van der Waals surface area contributed by atoms with E-state index in [9.17, 15) is 24.4 Å². The lowest BCUT2D eigenvalue weighted by Crippen LogP contribution is -2.44. The number of esters is 1. The molecule has 1 saturated heterocycles. The van der Waals surface area contributed by atoms with Gasteiger partial charge in [0.25, 0.3) is 5.56 Å². The summed E-state index contributed by atoms with van der Waals surface area (Å²) in [6, 6.07) is 11.3. The molecule has 236 valence electrons. The van der Waals surface area contributed by atoms with Crippen molar-refractivity contribution in [2.75, 3.05) is 12.3 Å². The van der Waals surface area contributed by atoms with Gasteiger partial charge < -0.3 is 29.9 Å². The minimum atomic E-state index is -4.39. The van der Waals surface area contributed by atoms with Gasteiger partial charge in [-0.05, 0) is 46.1 Å². The van der Waals surface area contributed by atoms with E-state index in [-0.39, 0.29) is 22.9 Å². The number of anilines is 1. The zero-order valence-electron chi connectivity index (χ0n) is 24.8. The van der Waals surface area contributed by atoms with Crippen LogP contribution in [0.5, 0.6) is 5.75 Å². The number of aromatic nitrogens is 4. The molecule has 1 aliphatic heterocycles. The lowest BCUT2D eigenvalue weighted by molar-refractivity contribution is -0.156. The van der Waals surface area contributed by atoms with E-state index in [1.165, 1.54) is 24.7 Å². The van der Waals surface area contributed by atoms with Gasteiger partial charge in [0.05, 0.1) is 12.9 Å². The Morgan fingerprint density at radius 1 is 1.27 bits per heavy atom. The fourth-order valence-corrected chi connectivity index (χ4v) is 6.36. The molecule has 2 aromatic heterocycles. The zero-order chi connectivity index (χ0) is 32.0. The number of ether oxygens (including phenoxy) is 2. The van der Waals surface area contributed by atoms with Gasteiger partial charge in [-0.3, -0.25) is 23.7 Å². The summed E-state index contributed by atoms with van der Waals surface area (Å²) in [4.78, 5) is 35.5. The van der Waals surface area contributed by atoms with Crippen LogP contribution in [0.1, 0.15) is 40.8 Å². The lowest BCUT2D eigenvalue weighted by Gasteiger charge is -2.28. The Balaban J connectivity index is 1.42. The Bertz CT molecular complexity index is 1790. The second-order valence-corrected chi connectivity index (χ2v) is 13.4. The van der Waals surface area contributed by atoms with Crippen LogP contribution in [0.3, 0.4) is 0 Å². The number of fused-ring (bicyclic) bond motifs is 2. The minimum Gasteiger partial charge on any atom is -0.459 e. The summed E-state index contributed by atoms with van der Waals surface area (Å²) in [7, 11) is -4.39. The molecule has 5 rings (SSSR count). The van der Waals surface area contributed by atoms with Crippen molar-refractivity contribution in [3.05, 3.63) is 59.1 Å². The summed E-state index contributed by atoms with van der Waals surface area (Å²) in [5.74, 6) is -0.664. The van der Waals surface area contributed by atoms with E-state index >= 15 is 0 Å². The SMILES string of the molecule is C[C@H](NP(=O)(OC[C@H]1O[C@@H](n2cnc3c(=O)[nH]c(N)nc32)C(C)(O)[C@H]1O)Oc1cccc2ccccc12)C(=O)OC(C)(C)C. The predicted octanol–water partition coefficient (Wildman–Crippen LogP) is 2.39. The smallest absolute Gasteiger partial charge is 0.459 e. The van der Waals surface area contributed by atoms with Gasteiger partial charge in [0.1, 0.15) is 35.2 Å². The second-order valence-electron chi connectivity index (χ2n) is 11.7. The van der Waals surface area contributed by atoms with Crippen molar-refractivity contribution in [2.45, 2.75) is 70.3 Å². The van der Waals surface area contributed by atoms with Crippen molar-refractivity contribution in [3.8, 4) is 5.75 Å². The first kappa shape index (κ1) is 31.6. The molecule has 0 saturated carbocycles. The Labute approximate surface area is 251 Å². The van der Waals surface area contributed by atoms with Gasteiger partial charge >= 0.3 is 13.7 Å². The summed E-state index contributed by atoms with van der Waals surface area (Å²) in [6.45, 7) is 7.32. The van der Waals surface area contributed by atoms with Crippen molar-refractivity contribution in [2.24, 2.45) is 0 Å². The number of nitrogens with two attached hydrogens (primary N) is 1. The molecule has 1 fully saturated rings. The van der Waals surface area contributed by atoms with Crippen molar-refractivity contribution < 1.29 is 38.1 Å². The fourth-order valence-electron chi connectivity index (χ4n) is 4.84. The van der Waals surface area contributed by atoms with E-state index in [1.807, 2.05) is 18.2 Å². The molecule has 6 atom stereocenters. The van der Waals surface area contributed by atoms with Gasteiger partial charge in [0, 0.05) is 5.39 Å². The molecular formula is C28H35N6O9P. The van der Waals surface area contributed by atoms with Crippen LogP contribution in [-0.4, -0.2) is 71.8 Å². The zero-order valence-corrected chi connectivity index (χ0v) is 25.6. The topological polar surface area (TPSA) is 213 Å². The van der Waals surface area contributed by atoms with Crippen LogP contribution in [0.15, 0.2) is 53.6 Å². The summed E-state index contributed by atoms with van der Waals surface area (Å²) in [5.41, 5.74) is 2.31. The summed E-state index contributed by atoms with van der Waals surface area (Å²) in [5, 5.41) is 26.4. The average molecular weight is 631 g/mol. The molecule has 2 unspecified atom stereocenters. The molecule has 2 aromatic carbocycles. The monoisotopic (exact) mass is 630 g/mol. The van der Waals surface area contributed by atoms with Gasteiger partial charge in [-0.25, -0.2) is 9.55 Å². The molecule has 44 heavy (non-hydrogen) atoms. The molecule has 4 aromatic rings. The molecule has 6 N–H and O–H groups in total. The second kappa shape index (κ2) is 11.6. The Morgan fingerprint density at radius 3 is 2.70 bits per heavy atom. The third kappa shape index (κ3) is 6.34. The molecule has 0 amide bonds. The number of nitrogens with one attached hydrogen (secondary N) is 2. The van der Waals surface area contributed by atoms with E-state index in [1.54, 1.807) is 45.0 Å². The third-order valence-electron chi connectivity index (χ3n) is 6.95. The van der Waals surface area contributed by atoms with Crippen molar-refractivity contribution in [1.82, 2.24) is 24.6 Å². The van der Waals surface area contributed by atoms with E-state index < -0.39 is 61.6 Å². The number of carbonyl (C=O) groups is 1. The van der Waals surface area contributed by atoms with Crippen molar-refractivity contribution >= 4 is 41.6 Å². The number of aliphatic hydroxyl groups excluding tert-OH is 1. The number of imidazole rings is 1. The van der Waals surface area contributed by atoms with Crippen LogP contribution in [-0.2, 0) is 23.4 Å². The van der Waals surface area contributed by atoms with Crippen molar-refractivity contribution in [3.63, 3.8) is 0 Å². The van der Waals surface area contributed by atoms with E-state index in [0.717, 1.165) is 5.39 Å². The Hall–Kier alpha value is -3.85. The number of carbonyl (C=O) groups excluding carboxylic acids is 1. The molecule has 0 radical (unpaired) electrons. The highest BCUT2D eigenvalue weighted by molar-refractivity contribution is 7.52. The van der Waals surface area contributed by atoms with Crippen LogP contribution >= 0.6 is 7.75 Å². The number of nitrogens with zero attached hydrogens (tertiary/aromatic N) is 3. The quantitative estimate of drug-likeness (QED) is 0.133. The number of aromatic amines is 1. The first-order valence-corrected chi connectivity index (χ1v) is 15.3. The highest BCUT2D eigenvalue weighted by atomic mass is 31.2. The number of rotatable bonds is 9. The molecule has 0 bridgehead atoms. The maximum Gasteiger partial charge on any atom is 0.459 e. The van der Waals surface area contributed by atoms with Gasteiger partial charge in [-0.1, -0.05) is 36.4 Å². The molecule has 16 heteroatoms. The summed E-state index contributed by atoms with van der Waals surface area (Å²) in [6.07, 6.45) is -2.90. The summed E-state index contributed by atoms with van der Waals surface area (Å²) < 4.78 is 38.6. The van der Waals surface area contributed by atoms with Gasteiger partial charge in [0.15, 0.2) is 17.4 Å². The summed E-state index contributed by atoms with van der Waals surface area (Å²) >= 11 is 0. The minimum absolute atomic E-state index is 0.0168. The number of hydrogen-bond acceptors (Lipinski definition) is 12. The maximum absolute atomic E-state index is 14.3. The fraction of sp³-hybridized carbons (Fsp3) is 0.429. The lowest BCUT2D eigenvalue weighted by atomic mass is 9.96. The van der Waals surface area contributed by atoms with E-state index in [2.05, 4.69) is 20.0 Å². The predicted molar refractivity (Wildman–Crippen MR) is 160 cm³/mol. The molecule has 1 aliphatic rings.